The molecule has 0 bridgehead atoms. The van der Waals surface area contributed by atoms with Crippen LogP contribution in [0.1, 0.15) is 42.5 Å². The number of carbonyl (C=O) groups is 1. The molecule has 3 rings (SSSR count). The lowest BCUT2D eigenvalue weighted by atomic mass is 10.1. The second kappa shape index (κ2) is 6.58. The number of hydrogen-bond donors (Lipinski definition) is 1. The highest BCUT2D eigenvalue weighted by Gasteiger charge is 2.28. The molecule has 0 unspecified atom stereocenters. The molecule has 6 nitrogen and oxygen atoms in total. The molecule has 0 saturated carbocycles. The molecule has 0 radical (unpaired) electrons. The Kier molecular flexibility index (Phi) is 4.55. The van der Waals surface area contributed by atoms with E-state index in [2.05, 4.69) is 21.8 Å². The van der Waals surface area contributed by atoms with Gasteiger partial charge in [0, 0.05) is 45.1 Å². The predicted molar refractivity (Wildman–Crippen MR) is 79.1 cm³/mol. The van der Waals surface area contributed by atoms with Gasteiger partial charge in [-0.25, -0.2) is 4.98 Å². The first-order valence-electron chi connectivity index (χ1n) is 7.95. The summed E-state index contributed by atoms with van der Waals surface area (Å²) in [5.41, 5.74) is 0.591. The van der Waals surface area contributed by atoms with Crippen molar-refractivity contribution >= 4 is 5.91 Å². The number of aromatic nitrogens is 2. The summed E-state index contributed by atoms with van der Waals surface area (Å²) in [6, 6.07) is 0.294. The third-order valence-electron chi connectivity index (χ3n) is 4.25. The number of ether oxygens (including phenoxy) is 1. The van der Waals surface area contributed by atoms with Gasteiger partial charge in [-0.05, 0) is 19.3 Å². The Hall–Kier alpha value is -1.40. The molecule has 1 saturated heterocycles. The van der Waals surface area contributed by atoms with Crippen molar-refractivity contribution in [1.29, 1.82) is 0 Å². The van der Waals surface area contributed by atoms with E-state index in [1.807, 2.05) is 11.1 Å². The van der Waals surface area contributed by atoms with E-state index >= 15 is 0 Å². The molecule has 0 spiro atoms. The lowest BCUT2D eigenvalue weighted by Gasteiger charge is -2.33. The largest absolute Gasteiger partial charge is 0.381 e. The third-order valence-corrected chi connectivity index (χ3v) is 4.25. The highest BCUT2D eigenvalue weighted by Crippen LogP contribution is 2.18. The van der Waals surface area contributed by atoms with Crippen molar-refractivity contribution in [3.63, 3.8) is 0 Å². The Morgan fingerprint density at radius 3 is 3.05 bits per heavy atom. The van der Waals surface area contributed by atoms with Crippen LogP contribution in [0.4, 0.5) is 0 Å². The van der Waals surface area contributed by atoms with E-state index < -0.39 is 0 Å². The molecular weight excluding hydrogens is 268 g/mol. The average Bonchev–Trinajstić information content (AvgIpc) is 2.97. The number of nitrogens with zero attached hydrogens (tertiary/aromatic N) is 3. The van der Waals surface area contributed by atoms with Gasteiger partial charge in [-0.2, -0.15) is 0 Å². The second-order valence-corrected chi connectivity index (χ2v) is 5.75. The van der Waals surface area contributed by atoms with Crippen LogP contribution in [0.2, 0.25) is 0 Å². The zero-order valence-electron chi connectivity index (χ0n) is 12.7. The Labute approximate surface area is 125 Å². The number of amides is 1. The quantitative estimate of drug-likeness (QED) is 0.900. The van der Waals surface area contributed by atoms with E-state index in [-0.39, 0.29) is 5.91 Å². The van der Waals surface area contributed by atoms with Gasteiger partial charge >= 0.3 is 0 Å². The van der Waals surface area contributed by atoms with Crippen LogP contribution in [0, 0.1) is 0 Å². The van der Waals surface area contributed by atoms with Gasteiger partial charge < -0.3 is 19.5 Å². The van der Waals surface area contributed by atoms with Gasteiger partial charge in [0.2, 0.25) is 0 Å². The Morgan fingerprint density at radius 1 is 1.52 bits per heavy atom. The molecular formula is C15H24N4O2. The van der Waals surface area contributed by atoms with E-state index in [1.165, 1.54) is 0 Å². The molecule has 1 amide bonds. The fraction of sp³-hybridized carbons (Fsp3) is 0.733. The van der Waals surface area contributed by atoms with E-state index in [9.17, 15) is 4.79 Å². The first-order valence-corrected chi connectivity index (χ1v) is 7.95. The zero-order valence-corrected chi connectivity index (χ0v) is 12.7. The molecule has 3 heterocycles. The van der Waals surface area contributed by atoms with Gasteiger partial charge in [0.25, 0.3) is 5.91 Å². The van der Waals surface area contributed by atoms with E-state index in [1.54, 1.807) is 0 Å². The van der Waals surface area contributed by atoms with Gasteiger partial charge in [-0.1, -0.05) is 6.92 Å². The number of carbonyl (C=O) groups excluding carboxylic acids is 1. The van der Waals surface area contributed by atoms with Crippen LogP contribution in [-0.2, 0) is 17.8 Å². The smallest absolute Gasteiger partial charge is 0.274 e. The first-order chi connectivity index (χ1) is 10.3. The summed E-state index contributed by atoms with van der Waals surface area (Å²) < 4.78 is 7.51. The maximum absolute atomic E-state index is 12.8. The molecule has 0 aliphatic carbocycles. The minimum atomic E-state index is 0.0747. The number of hydrogen-bond acceptors (Lipinski definition) is 4. The van der Waals surface area contributed by atoms with Crippen molar-refractivity contribution in [2.75, 3.05) is 26.3 Å². The minimum Gasteiger partial charge on any atom is -0.381 e. The van der Waals surface area contributed by atoms with Gasteiger partial charge in [-0.15, -0.1) is 0 Å². The number of imidazole rings is 1. The standard InChI is InChI=1S/C15H24N4O2/c1-2-6-19(12-3-8-21-9-4-12)15(20)13-11-18-7-5-16-10-14(18)17-13/h11-12,16H,2-10H2,1H3. The van der Waals surface area contributed by atoms with Crippen molar-refractivity contribution in [3.05, 3.63) is 17.7 Å². The molecule has 1 aromatic rings. The number of fused-ring (bicyclic) bond motifs is 1. The average molecular weight is 292 g/mol. The fourth-order valence-electron chi connectivity index (χ4n) is 3.13. The molecule has 116 valence electrons. The maximum Gasteiger partial charge on any atom is 0.274 e. The lowest BCUT2D eigenvalue weighted by molar-refractivity contribution is 0.0287. The van der Waals surface area contributed by atoms with E-state index in [0.717, 1.165) is 64.5 Å². The monoisotopic (exact) mass is 292 g/mol. The summed E-state index contributed by atoms with van der Waals surface area (Å²) in [4.78, 5) is 19.4. The maximum atomic E-state index is 12.8. The topological polar surface area (TPSA) is 59.4 Å². The van der Waals surface area contributed by atoms with Gasteiger partial charge in [0.15, 0.2) is 0 Å². The van der Waals surface area contributed by atoms with E-state index in [4.69, 9.17) is 4.74 Å². The van der Waals surface area contributed by atoms with Crippen LogP contribution in [-0.4, -0.2) is 52.7 Å². The SMILES string of the molecule is CCCN(C(=O)c1cn2c(n1)CNCC2)C1CCOCC1. The summed E-state index contributed by atoms with van der Waals surface area (Å²) in [7, 11) is 0. The second-order valence-electron chi connectivity index (χ2n) is 5.75. The van der Waals surface area contributed by atoms with Crippen LogP contribution in [0.3, 0.4) is 0 Å². The third kappa shape index (κ3) is 3.11. The molecule has 1 N–H and O–H groups in total. The van der Waals surface area contributed by atoms with Crippen molar-refractivity contribution < 1.29 is 9.53 Å². The summed E-state index contributed by atoms with van der Waals surface area (Å²) in [6.07, 6.45) is 4.75. The van der Waals surface area contributed by atoms with Gasteiger partial charge in [0.1, 0.15) is 11.5 Å². The molecule has 1 aromatic heterocycles. The fourth-order valence-corrected chi connectivity index (χ4v) is 3.13. The first kappa shape index (κ1) is 14.5. The van der Waals surface area contributed by atoms with Crippen LogP contribution in [0.25, 0.3) is 0 Å². The van der Waals surface area contributed by atoms with Crippen molar-refractivity contribution in [2.24, 2.45) is 0 Å². The van der Waals surface area contributed by atoms with Gasteiger partial charge in [-0.3, -0.25) is 4.79 Å². The van der Waals surface area contributed by atoms with Crippen molar-refractivity contribution in [3.8, 4) is 0 Å². The van der Waals surface area contributed by atoms with E-state index in [0.29, 0.717) is 11.7 Å². The Morgan fingerprint density at radius 2 is 2.33 bits per heavy atom. The number of rotatable bonds is 4. The predicted octanol–water partition coefficient (Wildman–Crippen LogP) is 1.02. The Bertz CT molecular complexity index is 470. The normalized spacial score (nSPS) is 19.3. The molecule has 0 aromatic carbocycles. The summed E-state index contributed by atoms with van der Waals surface area (Å²) in [5, 5.41) is 3.29. The van der Waals surface area contributed by atoms with Crippen LogP contribution < -0.4 is 5.32 Å². The molecule has 6 heteroatoms. The lowest BCUT2D eigenvalue weighted by Crippen LogP contribution is -2.44. The molecule has 0 atom stereocenters. The Balaban J connectivity index is 1.77. The van der Waals surface area contributed by atoms with Crippen LogP contribution in [0.5, 0.6) is 0 Å². The molecule has 21 heavy (non-hydrogen) atoms. The summed E-state index contributed by atoms with van der Waals surface area (Å²) in [6.45, 7) is 6.99. The molecule has 1 fully saturated rings. The van der Waals surface area contributed by atoms with Crippen LogP contribution in [0.15, 0.2) is 6.20 Å². The van der Waals surface area contributed by atoms with Crippen molar-refractivity contribution in [1.82, 2.24) is 19.8 Å². The van der Waals surface area contributed by atoms with Gasteiger partial charge in [0.05, 0.1) is 6.54 Å². The molecule has 2 aliphatic rings. The van der Waals surface area contributed by atoms with Crippen molar-refractivity contribution in [2.45, 2.75) is 45.3 Å². The summed E-state index contributed by atoms with van der Waals surface area (Å²) in [5.74, 6) is 1.04. The highest BCUT2D eigenvalue weighted by molar-refractivity contribution is 5.92. The zero-order chi connectivity index (χ0) is 14.7. The highest BCUT2D eigenvalue weighted by atomic mass is 16.5. The minimum absolute atomic E-state index is 0.0747. The molecule has 2 aliphatic heterocycles. The summed E-state index contributed by atoms with van der Waals surface area (Å²) >= 11 is 0. The van der Waals surface area contributed by atoms with Crippen LogP contribution >= 0.6 is 0 Å². The number of nitrogens with one attached hydrogen (secondary N) is 1.